The third-order valence-corrected chi connectivity index (χ3v) is 4.14. The third-order valence-electron chi connectivity index (χ3n) is 4.14. The molecular formula is C21H32FNO4. The van der Waals surface area contributed by atoms with Crippen molar-refractivity contribution in [1.82, 2.24) is 5.32 Å². The van der Waals surface area contributed by atoms with Crippen molar-refractivity contribution in [3.8, 4) is 0 Å². The summed E-state index contributed by atoms with van der Waals surface area (Å²) in [6, 6.07) is 5.49. The van der Waals surface area contributed by atoms with Gasteiger partial charge in [-0.2, -0.15) is 0 Å². The number of halogens is 1. The number of aryl methyl sites for hydroxylation is 1. The van der Waals surface area contributed by atoms with E-state index >= 15 is 0 Å². The summed E-state index contributed by atoms with van der Waals surface area (Å²) >= 11 is 0. The average Bonchev–Trinajstić information content (AvgIpc) is 2.58. The minimum atomic E-state index is -0.725. The first-order chi connectivity index (χ1) is 12.6. The molecule has 0 aromatic heterocycles. The van der Waals surface area contributed by atoms with Crippen LogP contribution in [0.25, 0.3) is 0 Å². The van der Waals surface area contributed by atoms with Crippen molar-refractivity contribution >= 4 is 11.9 Å². The van der Waals surface area contributed by atoms with Gasteiger partial charge in [-0.05, 0) is 70.6 Å². The lowest BCUT2D eigenvalue weighted by Gasteiger charge is -2.25. The van der Waals surface area contributed by atoms with Gasteiger partial charge >= 0.3 is 5.97 Å². The van der Waals surface area contributed by atoms with Crippen LogP contribution >= 0.6 is 0 Å². The Morgan fingerprint density at radius 1 is 1.15 bits per heavy atom. The topological polar surface area (TPSA) is 75.6 Å². The molecule has 0 fully saturated rings. The predicted octanol–water partition coefficient (Wildman–Crippen LogP) is 3.38. The largest absolute Gasteiger partial charge is 0.458 e. The molecule has 1 amide bonds. The lowest BCUT2D eigenvalue weighted by molar-refractivity contribution is -0.159. The summed E-state index contributed by atoms with van der Waals surface area (Å²) in [4.78, 5) is 24.9. The summed E-state index contributed by atoms with van der Waals surface area (Å²) in [6.45, 7) is 7.19. The maximum atomic E-state index is 13.0. The number of rotatable bonds is 10. The molecule has 2 atom stereocenters. The summed E-state index contributed by atoms with van der Waals surface area (Å²) in [6.07, 6.45) is 2.84. The van der Waals surface area contributed by atoms with Crippen LogP contribution in [0.2, 0.25) is 0 Å². The van der Waals surface area contributed by atoms with Gasteiger partial charge in [-0.3, -0.25) is 4.79 Å². The Kier molecular flexibility index (Phi) is 9.43. The third kappa shape index (κ3) is 9.52. The monoisotopic (exact) mass is 381 g/mol. The van der Waals surface area contributed by atoms with Gasteiger partial charge < -0.3 is 15.2 Å². The van der Waals surface area contributed by atoms with Crippen LogP contribution in [0, 0.1) is 11.7 Å². The van der Waals surface area contributed by atoms with Crippen LogP contribution in [-0.2, 0) is 20.7 Å². The molecule has 1 aromatic rings. The first kappa shape index (κ1) is 23.1. The van der Waals surface area contributed by atoms with Gasteiger partial charge in [0.15, 0.2) is 0 Å². The fourth-order valence-corrected chi connectivity index (χ4v) is 2.56. The maximum absolute atomic E-state index is 13.0. The zero-order chi connectivity index (χ0) is 20.4. The van der Waals surface area contributed by atoms with E-state index in [4.69, 9.17) is 9.84 Å². The SMILES string of the molecule is C[C@@H](CCc1ccc(F)cc1)C(=O)N[C@@H](CCCCO)C(=O)OC(C)(C)C. The van der Waals surface area contributed by atoms with Gasteiger partial charge in [0.1, 0.15) is 17.5 Å². The number of unbranched alkanes of at least 4 members (excludes halogenated alkanes) is 1. The summed E-state index contributed by atoms with van der Waals surface area (Å²) in [5.41, 5.74) is 0.327. The quantitative estimate of drug-likeness (QED) is 0.481. The molecule has 152 valence electrons. The molecule has 0 saturated heterocycles. The Morgan fingerprint density at radius 2 is 1.78 bits per heavy atom. The molecule has 1 aromatic carbocycles. The summed E-state index contributed by atoms with van der Waals surface area (Å²) in [7, 11) is 0. The molecule has 0 radical (unpaired) electrons. The second-order valence-electron chi connectivity index (χ2n) is 7.88. The smallest absolute Gasteiger partial charge is 0.329 e. The van der Waals surface area contributed by atoms with E-state index in [0.717, 1.165) is 5.56 Å². The van der Waals surface area contributed by atoms with Crippen LogP contribution < -0.4 is 5.32 Å². The Labute approximate surface area is 161 Å². The molecule has 0 saturated carbocycles. The molecule has 27 heavy (non-hydrogen) atoms. The lowest BCUT2D eigenvalue weighted by Crippen LogP contribution is -2.46. The fraction of sp³-hybridized carbons (Fsp3) is 0.619. The van der Waals surface area contributed by atoms with Crippen LogP contribution in [0.15, 0.2) is 24.3 Å². The average molecular weight is 381 g/mol. The van der Waals surface area contributed by atoms with E-state index in [-0.39, 0.29) is 24.2 Å². The molecule has 0 unspecified atom stereocenters. The number of nitrogens with one attached hydrogen (secondary N) is 1. The number of aliphatic hydroxyl groups excluding tert-OH is 1. The zero-order valence-corrected chi connectivity index (χ0v) is 16.8. The number of carbonyl (C=O) groups excluding carboxylic acids is 2. The number of aliphatic hydroxyl groups is 1. The molecule has 0 aliphatic heterocycles. The standard InChI is InChI=1S/C21H32FNO4/c1-15(8-9-16-10-12-17(22)13-11-16)19(25)23-18(7-5-6-14-24)20(26)27-21(2,3)4/h10-13,15,18,24H,5-9,14H2,1-4H3,(H,23,25)/t15-,18-/m0/s1. The minimum absolute atomic E-state index is 0.0447. The molecule has 0 heterocycles. The normalized spacial score (nSPS) is 13.7. The predicted molar refractivity (Wildman–Crippen MR) is 103 cm³/mol. The van der Waals surface area contributed by atoms with Crippen LogP contribution in [0.5, 0.6) is 0 Å². The van der Waals surface area contributed by atoms with E-state index in [9.17, 15) is 14.0 Å². The van der Waals surface area contributed by atoms with Crippen LogP contribution in [0.4, 0.5) is 4.39 Å². The van der Waals surface area contributed by atoms with E-state index in [2.05, 4.69) is 5.32 Å². The first-order valence-corrected chi connectivity index (χ1v) is 9.51. The number of benzene rings is 1. The number of hydrogen-bond donors (Lipinski definition) is 2. The Morgan fingerprint density at radius 3 is 2.33 bits per heavy atom. The van der Waals surface area contributed by atoms with Gasteiger partial charge in [-0.25, -0.2) is 9.18 Å². The van der Waals surface area contributed by atoms with Gasteiger partial charge in [-0.1, -0.05) is 19.1 Å². The fourth-order valence-electron chi connectivity index (χ4n) is 2.56. The molecule has 0 bridgehead atoms. The number of carbonyl (C=O) groups is 2. The van der Waals surface area contributed by atoms with E-state index in [1.54, 1.807) is 39.8 Å². The summed E-state index contributed by atoms with van der Waals surface area (Å²) < 4.78 is 18.4. The highest BCUT2D eigenvalue weighted by Gasteiger charge is 2.27. The molecule has 5 nitrogen and oxygen atoms in total. The minimum Gasteiger partial charge on any atom is -0.458 e. The van der Waals surface area contributed by atoms with Crippen LogP contribution in [0.3, 0.4) is 0 Å². The lowest BCUT2D eigenvalue weighted by atomic mass is 9.99. The zero-order valence-electron chi connectivity index (χ0n) is 16.8. The van der Waals surface area contributed by atoms with Crippen LogP contribution in [-0.4, -0.2) is 35.2 Å². The molecule has 0 aliphatic rings. The molecular weight excluding hydrogens is 349 g/mol. The van der Waals surface area contributed by atoms with Gasteiger partial charge in [0, 0.05) is 12.5 Å². The van der Waals surface area contributed by atoms with Crippen molar-refractivity contribution in [1.29, 1.82) is 0 Å². The molecule has 0 spiro atoms. The molecule has 6 heteroatoms. The van der Waals surface area contributed by atoms with Crippen molar-refractivity contribution in [2.75, 3.05) is 6.61 Å². The molecule has 2 N–H and O–H groups in total. The Balaban J connectivity index is 2.61. The van der Waals surface area contributed by atoms with Crippen molar-refractivity contribution < 1.29 is 23.8 Å². The Bertz CT molecular complexity index is 595. The number of hydrogen-bond acceptors (Lipinski definition) is 4. The van der Waals surface area contributed by atoms with Crippen LogP contribution in [0.1, 0.15) is 58.9 Å². The number of amides is 1. The second kappa shape index (κ2) is 11.0. The first-order valence-electron chi connectivity index (χ1n) is 9.51. The molecule has 1 rings (SSSR count). The van der Waals surface area contributed by atoms with Crippen molar-refractivity contribution in [3.05, 3.63) is 35.6 Å². The van der Waals surface area contributed by atoms with Crippen molar-refractivity contribution in [3.63, 3.8) is 0 Å². The number of esters is 1. The van der Waals surface area contributed by atoms with Crippen molar-refractivity contribution in [2.45, 2.75) is 71.4 Å². The van der Waals surface area contributed by atoms with Gasteiger partial charge in [-0.15, -0.1) is 0 Å². The Hall–Kier alpha value is -1.95. The van der Waals surface area contributed by atoms with Crippen molar-refractivity contribution in [2.24, 2.45) is 5.92 Å². The van der Waals surface area contributed by atoms with Gasteiger partial charge in [0.05, 0.1) is 0 Å². The van der Waals surface area contributed by atoms with E-state index in [1.165, 1.54) is 12.1 Å². The van der Waals surface area contributed by atoms with Gasteiger partial charge in [0.25, 0.3) is 0 Å². The highest BCUT2D eigenvalue weighted by atomic mass is 19.1. The van der Waals surface area contributed by atoms with E-state index in [0.29, 0.717) is 32.1 Å². The van der Waals surface area contributed by atoms with E-state index in [1.807, 2.05) is 0 Å². The second-order valence-corrected chi connectivity index (χ2v) is 7.88. The maximum Gasteiger partial charge on any atom is 0.329 e. The van der Waals surface area contributed by atoms with E-state index < -0.39 is 17.6 Å². The highest BCUT2D eigenvalue weighted by Crippen LogP contribution is 2.14. The summed E-state index contributed by atoms with van der Waals surface area (Å²) in [5, 5.41) is 11.7. The number of ether oxygens (including phenoxy) is 1. The summed E-state index contributed by atoms with van der Waals surface area (Å²) in [5.74, 6) is -1.25. The van der Waals surface area contributed by atoms with Gasteiger partial charge in [0.2, 0.25) is 5.91 Å². The molecule has 0 aliphatic carbocycles. The highest BCUT2D eigenvalue weighted by molar-refractivity contribution is 5.85.